The van der Waals surface area contributed by atoms with E-state index in [0.717, 1.165) is 6.42 Å². The van der Waals surface area contributed by atoms with Crippen LogP contribution in [0.1, 0.15) is 18.4 Å². The van der Waals surface area contributed by atoms with Crippen molar-refractivity contribution in [1.82, 2.24) is 0 Å². The maximum atomic E-state index is 12.0. The summed E-state index contributed by atoms with van der Waals surface area (Å²) in [6.07, 6.45) is 1.40. The minimum Gasteiger partial charge on any atom is -0.461 e. The van der Waals surface area contributed by atoms with E-state index in [1.54, 1.807) is 18.2 Å². The van der Waals surface area contributed by atoms with Crippen molar-refractivity contribution in [1.29, 1.82) is 0 Å². The van der Waals surface area contributed by atoms with Gasteiger partial charge in [-0.05, 0) is 25.0 Å². The van der Waals surface area contributed by atoms with E-state index in [2.05, 4.69) is 0 Å². The molecule has 2 fully saturated rings. The van der Waals surface area contributed by atoms with Gasteiger partial charge in [0, 0.05) is 15.6 Å². The predicted octanol–water partition coefficient (Wildman–Crippen LogP) is 2.92. The van der Waals surface area contributed by atoms with E-state index < -0.39 is 5.60 Å². The molecule has 3 nitrogen and oxygen atoms in total. The molecule has 2 aliphatic heterocycles. The monoisotopic (exact) mass is 272 g/mol. The van der Waals surface area contributed by atoms with E-state index in [9.17, 15) is 4.79 Å². The molecule has 0 aromatic heterocycles. The molecular formula is C12H10Cl2O3. The Morgan fingerprint density at radius 1 is 1.35 bits per heavy atom. The van der Waals surface area contributed by atoms with Crippen LogP contribution in [0.5, 0.6) is 0 Å². The van der Waals surface area contributed by atoms with Gasteiger partial charge < -0.3 is 9.47 Å². The highest BCUT2D eigenvalue weighted by Gasteiger charge is 2.53. The molecule has 0 unspecified atom stereocenters. The standard InChI is InChI=1S/C12H10Cl2O3/c13-7-1-2-9(10(14)5-7)12-4-3-8(17-12)6-16-11(12)15/h1-2,5,8H,3-4,6H2/t8-,12-/m1/s1. The van der Waals surface area contributed by atoms with Gasteiger partial charge in [-0.25, -0.2) is 4.79 Å². The first kappa shape index (κ1) is 11.3. The molecule has 0 spiro atoms. The lowest BCUT2D eigenvalue weighted by Crippen LogP contribution is -2.43. The van der Waals surface area contributed by atoms with Crippen LogP contribution >= 0.6 is 23.2 Å². The molecule has 1 aromatic carbocycles. The Kier molecular flexibility index (Phi) is 2.58. The third-order valence-corrected chi connectivity index (χ3v) is 3.83. The summed E-state index contributed by atoms with van der Waals surface area (Å²) >= 11 is 12.0. The minimum atomic E-state index is -1.02. The van der Waals surface area contributed by atoms with Gasteiger partial charge in [0.25, 0.3) is 0 Å². The van der Waals surface area contributed by atoms with Crippen molar-refractivity contribution in [3.05, 3.63) is 33.8 Å². The van der Waals surface area contributed by atoms with Crippen molar-refractivity contribution >= 4 is 29.2 Å². The molecule has 2 heterocycles. The number of ether oxygens (including phenoxy) is 2. The fourth-order valence-electron chi connectivity index (χ4n) is 2.44. The number of esters is 1. The molecule has 0 radical (unpaired) electrons. The van der Waals surface area contributed by atoms with E-state index in [1.807, 2.05) is 0 Å². The Balaban J connectivity index is 2.10. The van der Waals surface area contributed by atoms with E-state index >= 15 is 0 Å². The highest BCUT2D eigenvalue weighted by Crippen LogP contribution is 2.46. The SMILES string of the molecule is O=C1OC[C@H]2CC[C@]1(c1ccc(Cl)cc1Cl)O2. The van der Waals surface area contributed by atoms with E-state index in [0.29, 0.717) is 28.6 Å². The average molecular weight is 273 g/mol. The van der Waals surface area contributed by atoms with Gasteiger partial charge in [0.2, 0.25) is 0 Å². The van der Waals surface area contributed by atoms with Crippen LogP contribution in [0.15, 0.2) is 18.2 Å². The van der Waals surface area contributed by atoms with Crippen molar-refractivity contribution in [2.24, 2.45) is 0 Å². The van der Waals surface area contributed by atoms with Gasteiger partial charge in [-0.15, -0.1) is 0 Å². The highest BCUT2D eigenvalue weighted by molar-refractivity contribution is 6.35. The number of benzene rings is 1. The summed E-state index contributed by atoms with van der Waals surface area (Å²) in [7, 11) is 0. The lowest BCUT2D eigenvalue weighted by atomic mass is 9.91. The van der Waals surface area contributed by atoms with Crippen LogP contribution in [0.4, 0.5) is 0 Å². The van der Waals surface area contributed by atoms with Gasteiger partial charge in [0.1, 0.15) is 6.61 Å². The maximum absolute atomic E-state index is 12.0. The third kappa shape index (κ3) is 1.65. The lowest BCUT2D eigenvalue weighted by Gasteiger charge is -2.32. The Labute approximate surface area is 109 Å². The molecule has 0 N–H and O–H groups in total. The topological polar surface area (TPSA) is 35.5 Å². The Bertz CT molecular complexity index is 489. The van der Waals surface area contributed by atoms with Gasteiger partial charge in [-0.3, -0.25) is 0 Å². The van der Waals surface area contributed by atoms with Crippen molar-refractivity contribution < 1.29 is 14.3 Å². The average Bonchev–Trinajstić information content (AvgIpc) is 2.65. The van der Waals surface area contributed by atoms with Crippen molar-refractivity contribution in [2.75, 3.05) is 6.61 Å². The predicted molar refractivity (Wildman–Crippen MR) is 63.2 cm³/mol. The Hall–Kier alpha value is -0.770. The molecule has 2 bridgehead atoms. The first-order valence-corrected chi connectivity index (χ1v) is 6.18. The van der Waals surface area contributed by atoms with Crippen molar-refractivity contribution in [3.8, 4) is 0 Å². The van der Waals surface area contributed by atoms with Crippen LogP contribution in [0.2, 0.25) is 10.0 Å². The van der Waals surface area contributed by atoms with Gasteiger partial charge in [0.15, 0.2) is 5.60 Å². The van der Waals surface area contributed by atoms with Gasteiger partial charge >= 0.3 is 5.97 Å². The first-order valence-electron chi connectivity index (χ1n) is 5.42. The first-order chi connectivity index (χ1) is 8.12. The number of rotatable bonds is 1. The fraction of sp³-hybridized carbons (Fsp3) is 0.417. The molecule has 1 aromatic rings. The zero-order valence-electron chi connectivity index (χ0n) is 8.91. The van der Waals surface area contributed by atoms with Crippen molar-refractivity contribution in [3.63, 3.8) is 0 Å². The Morgan fingerprint density at radius 2 is 2.18 bits per heavy atom. The number of halogens is 2. The van der Waals surface area contributed by atoms with Crippen LogP contribution in [-0.4, -0.2) is 18.7 Å². The second-order valence-corrected chi connectivity index (χ2v) is 5.17. The summed E-state index contributed by atoms with van der Waals surface area (Å²) < 4.78 is 11.0. The molecular weight excluding hydrogens is 263 g/mol. The number of cyclic esters (lactones) is 1. The molecule has 2 aliphatic rings. The van der Waals surface area contributed by atoms with Gasteiger partial charge in [-0.1, -0.05) is 29.3 Å². The maximum Gasteiger partial charge on any atom is 0.343 e. The number of fused-ring (bicyclic) bond motifs is 2. The molecule has 0 aliphatic carbocycles. The second-order valence-electron chi connectivity index (χ2n) is 4.33. The van der Waals surface area contributed by atoms with Crippen molar-refractivity contribution in [2.45, 2.75) is 24.5 Å². The van der Waals surface area contributed by atoms with Gasteiger partial charge in [-0.2, -0.15) is 0 Å². The van der Waals surface area contributed by atoms with E-state index in [-0.39, 0.29) is 12.1 Å². The zero-order chi connectivity index (χ0) is 12.0. The summed E-state index contributed by atoms with van der Waals surface area (Å²) in [5.74, 6) is -0.351. The van der Waals surface area contributed by atoms with Crippen LogP contribution in [0.3, 0.4) is 0 Å². The molecule has 5 heteroatoms. The number of carbonyl (C=O) groups excluding carboxylic acids is 1. The molecule has 0 amide bonds. The number of hydrogen-bond donors (Lipinski definition) is 0. The van der Waals surface area contributed by atoms with Crippen LogP contribution in [0, 0.1) is 0 Å². The Morgan fingerprint density at radius 3 is 2.94 bits per heavy atom. The quantitative estimate of drug-likeness (QED) is 0.738. The van der Waals surface area contributed by atoms with Crippen LogP contribution < -0.4 is 0 Å². The molecule has 2 atom stereocenters. The molecule has 17 heavy (non-hydrogen) atoms. The molecule has 3 rings (SSSR count). The zero-order valence-corrected chi connectivity index (χ0v) is 10.4. The highest BCUT2D eigenvalue weighted by atomic mass is 35.5. The molecule has 90 valence electrons. The normalized spacial score (nSPS) is 31.4. The lowest BCUT2D eigenvalue weighted by molar-refractivity contribution is -0.194. The van der Waals surface area contributed by atoms with E-state index in [1.165, 1.54) is 0 Å². The largest absolute Gasteiger partial charge is 0.461 e. The summed E-state index contributed by atoms with van der Waals surface area (Å²) in [5, 5.41) is 0.978. The molecule has 2 saturated heterocycles. The summed E-state index contributed by atoms with van der Waals surface area (Å²) in [6, 6.07) is 5.06. The summed E-state index contributed by atoms with van der Waals surface area (Å²) in [4.78, 5) is 12.0. The minimum absolute atomic E-state index is 0.0144. The fourth-order valence-corrected chi connectivity index (χ4v) is 3.01. The van der Waals surface area contributed by atoms with Crippen LogP contribution in [-0.2, 0) is 19.9 Å². The van der Waals surface area contributed by atoms with Crippen LogP contribution in [0.25, 0.3) is 0 Å². The second kappa shape index (κ2) is 3.87. The van der Waals surface area contributed by atoms with Gasteiger partial charge in [0.05, 0.1) is 6.10 Å². The molecule has 0 saturated carbocycles. The third-order valence-electron chi connectivity index (χ3n) is 3.28. The summed E-state index contributed by atoms with van der Waals surface area (Å²) in [5.41, 5.74) is -0.374. The number of hydrogen-bond acceptors (Lipinski definition) is 3. The smallest absolute Gasteiger partial charge is 0.343 e. The van der Waals surface area contributed by atoms with E-state index in [4.69, 9.17) is 32.7 Å². The summed E-state index contributed by atoms with van der Waals surface area (Å²) in [6.45, 7) is 0.339. The number of carbonyl (C=O) groups is 1.